The van der Waals surface area contributed by atoms with Gasteiger partial charge in [0.25, 0.3) is 0 Å². The van der Waals surface area contributed by atoms with Crippen molar-refractivity contribution in [1.29, 1.82) is 0 Å². The molecular formula is C11H15BrN2O. The van der Waals surface area contributed by atoms with Crippen molar-refractivity contribution in [2.24, 2.45) is 7.05 Å². The van der Waals surface area contributed by atoms with Crippen molar-refractivity contribution in [2.75, 3.05) is 0 Å². The van der Waals surface area contributed by atoms with E-state index in [9.17, 15) is 4.79 Å². The Morgan fingerprint density at radius 2 is 2.07 bits per heavy atom. The molecule has 15 heavy (non-hydrogen) atoms. The van der Waals surface area contributed by atoms with Crippen LogP contribution in [0.4, 0.5) is 0 Å². The van der Waals surface area contributed by atoms with E-state index in [1.807, 2.05) is 11.7 Å². The van der Waals surface area contributed by atoms with Gasteiger partial charge in [0, 0.05) is 13.0 Å². The number of aryl methyl sites for hydroxylation is 1. The van der Waals surface area contributed by atoms with Gasteiger partial charge in [-0.25, -0.2) is 0 Å². The molecule has 1 aliphatic rings. The summed E-state index contributed by atoms with van der Waals surface area (Å²) >= 11 is 3.33. The minimum Gasteiger partial charge on any atom is -0.298 e. The third-order valence-corrected chi connectivity index (χ3v) is 3.78. The molecule has 2 rings (SSSR count). The largest absolute Gasteiger partial charge is 0.298 e. The highest BCUT2D eigenvalue weighted by atomic mass is 79.9. The Morgan fingerprint density at radius 3 is 2.67 bits per heavy atom. The van der Waals surface area contributed by atoms with E-state index in [0.717, 1.165) is 17.5 Å². The predicted octanol–water partition coefficient (Wildman–Crippen LogP) is 3.04. The normalized spacial score (nSPS) is 18.0. The molecule has 1 aliphatic carbocycles. The fourth-order valence-corrected chi connectivity index (χ4v) is 3.02. The zero-order chi connectivity index (χ0) is 10.8. The standard InChI is InChI=1S/C11H15BrN2O/c1-14-10(8-5-3-2-4-6-8)9(7-15)11(12)13-14/h7-8H,2-6H2,1H3. The Bertz CT molecular complexity index is 367. The van der Waals surface area contributed by atoms with Crippen LogP contribution in [0.3, 0.4) is 0 Å². The Hall–Kier alpha value is -0.640. The maximum atomic E-state index is 11.0. The first-order valence-corrected chi connectivity index (χ1v) is 6.21. The van der Waals surface area contributed by atoms with Crippen LogP contribution in [0.5, 0.6) is 0 Å². The third-order valence-electron chi connectivity index (χ3n) is 3.19. The average molecular weight is 271 g/mol. The van der Waals surface area contributed by atoms with Crippen LogP contribution in [0.25, 0.3) is 0 Å². The maximum Gasteiger partial charge on any atom is 0.154 e. The van der Waals surface area contributed by atoms with E-state index >= 15 is 0 Å². The molecule has 0 bridgehead atoms. The van der Waals surface area contributed by atoms with Crippen molar-refractivity contribution in [3.05, 3.63) is 15.9 Å². The van der Waals surface area contributed by atoms with Crippen molar-refractivity contribution in [3.8, 4) is 0 Å². The molecule has 3 nitrogen and oxygen atoms in total. The minimum atomic E-state index is 0.516. The Labute approximate surface area is 98.0 Å². The number of nitrogens with zero attached hydrogens (tertiary/aromatic N) is 2. The molecule has 1 saturated carbocycles. The number of halogens is 1. The highest BCUT2D eigenvalue weighted by Gasteiger charge is 2.24. The van der Waals surface area contributed by atoms with E-state index in [2.05, 4.69) is 21.0 Å². The topological polar surface area (TPSA) is 34.9 Å². The zero-order valence-electron chi connectivity index (χ0n) is 8.87. The molecule has 0 spiro atoms. The number of hydrogen-bond donors (Lipinski definition) is 0. The van der Waals surface area contributed by atoms with Crippen LogP contribution in [0, 0.1) is 0 Å². The molecule has 82 valence electrons. The molecule has 0 atom stereocenters. The Morgan fingerprint density at radius 1 is 1.40 bits per heavy atom. The second kappa shape index (κ2) is 4.47. The third kappa shape index (κ3) is 2.00. The molecule has 0 N–H and O–H groups in total. The summed E-state index contributed by atoms with van der Waals surface area (Å²) in [6.07, 6.45) is 7.16. The van der Waals surface area contributed by atoms with Gasteiger partial charge >= 0.3 is 0 Å². The second-order valence-electron chi connectivity index (χ2n) is 4.17. The maximum absolute atomic E-state index is 11.0. The van der Waals surface area contributed by atoms with Gasteiger partial charge in [-0.15, -0.1) is 0 Å². The SMILES string of the molecule is Cn1nc(Br)c(C=O)c1C1CCCCC1. The van der Waals surface area contributed by atoms with Gasteiger partial charge in [-0.3, -0.25) is 9.48 Å². The van der Waals surface area contributed by atoms with Gasteiger partial charge in [0.15, 0.2) is 6.29 Å². The molecule has 0 radical (unpaired) electrons. The molecule has 1 fully saturated rings. The Kier molecular flexibility index (Phi) is 3.24. The number of hydrogen-bond acceptors (Lipinski definition) is 2. The molecule has 0 amide bonds. The van der Waals surface area contributed by atoms with Crippen molar-refractivity contribution in [2.45, 2.75) is 38.0 Å². The van der Waals surface area contributed by atoms with E-state index in [1.165, 1.54) is 32.1 Å². The van der Waals surface area contributed by atoms with Crippen molar-refractivity contribution in [3.63, 3.8) is 0 Å². The van der Waals surface area contributed by atoms with Crippen LogP contribution in [-0.2, 0) is 7.05 Å². The van der Waals surface area contributed by atoms with Crippen LogP contribution in [0.1, 0.15) is 54.1 Å². The highest BCUT2D eigenvalue weighted by Crippen LogP contribution is 2.35. The van der Waals surface area contributed by atoms with E-state index in [4.69, 9.17) is 0 Å². The van der Waals surface area contributed by atoms with E-state index in [1.54, 1.807) is 0 Å². The van der Waals surface area contributed by atoms with Gasteiger partial charge < -0.3 is 0 Å². The summed E-state index contributed by atoms with van der Waals surface area (Å²) in [5.74, 6) is 0.516. The second-order valence-corrected chi connectivity index (χ2v) is 4.92. The monoisotopic (exact) mass is 270 g/mol. The zero-order valence-corrected chi connectivity index (χ0v) is 10.5. The summed E-state index contributed by atoms with van der Waals surface area (Å²) < 4.78 is 2.53. The molecule has 1 aromatic rings. The van der Waals surface area contributed by atoms with Gasteiger partial charge in [-0.1, -0.05) is 19.3 Å². The van der Waals surface area contributed by atoms with E-state index in [0.29, 0.717) is 10.5 Å². The van der Waals surface area contributed by atoms with Crippen molar-refractivity contribution in [1.82, 2.24) is 9.78 Å². The average Bonchev–Trinajstić information content (AvgIpc) is 2.54. The molecule has 1 aromatic heterocycles. The van der Waals surface area contributed by atoms with Crippen LogP contribution < -0.4 is 0 Å². The predicted molar refractivity (Wildman–Crippen MR) is 62.1 cm³/mol. The summed E-state index contributed by atoms with van der Waals surface area (Å²) in [6, 6.07) is 0. The quantitative estimate of drug-likeness (QED) is 0.775. The van der Waals surface area contributed by atoms with Crippen molar-refractivity contribution < 1.29 is 4.79 Å². The van der Waals surface area contributed by atoms with Gasteiger partial charge in [-0.2, -0.15) is 5.10 Å². The summed E-state index contributed by atoms with van der Waals surface area (Å²) in [4.78, 5) is 11.0. The van der Waals surface area contributed by atoms with E-state index in [-0.39, 0.29) is 0 Å². The highest BCUT2D eigenvalue weighted by molar-refractivity contribution is 9.10. The summed E-state index contributed by atoms with van der Waals surface area (Å²) in [5.41, 5.74) is 1.85. The lowest BCUT2D eigenvalue weighted by Gasteiger charge is -2.22. The van der Waals surface area contributed by atoms with Gasteiger partial charge in [0.1, 0.15) is 4.60 Å². The molecule has 0 aliphatic heterocycles. The van der Waals surface area contributed by atoms with Crippen LogP contribution >= 0.6 is 15.9 Å². The summed E-state index contributed by atoms with van der Waals surface area (Å²) in [7, 11) is 1.92. The number of rotatable bonds is 2. The lowest BCUT2D eigenvalue weighted by molar-refractivity contribution is 0.112. The number of aldehydes is 1. The number of aromatic nitrogens is 2. The van der Waals surface area contributed by atoms with E-state index < -0.39 is 0 Å². The molecule has 0 aromatic carbocycles. The lowest BCUT2D eigenvalue weighted by Crippen LogP contribution is -2.11. The van der Waals surface area contributed by atoms with Gasteiger partial charge in [0.2, 0.25) is 0 Å². The first-order chi connectivity index (χ1) is 7.24. The van der Waals surface area contributed by atoms with Crippen LogP contribution in [-0.4, -0.2) is 16.1 Å². The molecular weight excluding hydrogens is 256 g/mol. The number of carbonyl (C=O) groups is 1. The molecule has 1 heterocycles. The number of carbonyl (C=O) groups excluding carboxylic acids is 1. The first kappa shape index (κ1) is 10.9. The minimum absolute atomic E-state index is 0.516. The van der Waals surface area contributed by atoms with Crippen molar-refractivity contribution >= 4 is 22.2 Å². The lowest BCUT2D eigenvalue weighted by atomic mass is 9.85. The van der Waals surface area contributed by atoms with Crippen LogP contribution in [0.2, 0.25) is 0 Å². The molecule has 4 heteroatoms. The smallest absolute Gasteiger partial charge is 0.154 e. The fourth-order valence-electron chi connectivity index (χ4n) is 2.49. The summed E-state index contributed by atoms with van der Waals surface area (Å²) in [5, 5.41) is 4.26. The molecule has 0 unspecified atom stereocenters. The van der Waals surface area contributed by atoms with Gasteiger partial charge in [-0.05, 0) is 28.8 Å². The molecule has 0 saturated heterocycles. The summed E-state index contributed by atoms with van der Waals surface area (Å²) in [6.45, 7) is 0. The van der Waals surface area contributed by atoms with Gasteiger partial charge in [0.05, 0.1) is 11.3 Å². The fraction of sp³-hybridized carbons (Fsp3) is 0.636. The Balaban J connectivity index is 2.36. The first-order valence-electron chi connectivity index (χ1n) is 5.41. The van der Waals surface area contributed by atoms with Crippen LogP contribution in [0.15, 0.2) is 4.60 Å².